The Kier molecular flexibility index (Phi) is 5.90. The van der Waals surface area contributed by atoms with Gasteiger partial charge in [-0.15, -0.1) is 22.7 Å². The number of rotatable bonds is 4. The summed E-state index contributed by atoms with van der Waals surface area (Å²) >= 11 is 3.60. The molecule has 0 fully saturated rings. The van der Waals surface area contributed by atoms with Gasteiger partial charge in [0, 0.05) is 46.8 Å². The van der Waals surface area contributed by atoms with Crippen LogP contribution in [0.2, 0.25) is 0 Å². The predicted octanol–water partition coefficient (Wildman–Crippen LogP) is 11.9. The molecule has 0 saturated heterocycles. The fraction of sp³-hybridized carbons (Fsp3) is 0. The van der Waals surface area contributed by atoms with E-state index in [0.717, 1.165) is 32.9 Å². The first kappa shape index (κ1) is 25.3. The number of thiophene rings is 2. The molecule has 0 bridgehead atoms. The normalized spacial score (nSPS) is 11.6. The molecule has 2 nitrogen and oxygen atoms in total. The van der Waals surface area contributed by atoms with Crippen molar-refractivity contribution in [2.45, 2.75) is 0 Å². The molecule has 0 aliphatic heterocycles. The molecule has 206 valence electrons. The van der Waals surface area contributed by atoms with Gasteiger partial charge in [-0.1, -0.05) is 127 Å². The molecular formula is C40H24N2S2. The van der Waals surface area contributed by atoms with Gasteiger partial charge in [-0.05, 0) is 40.5 Å². The zero-order valence-electron chi connectivity index (χ0n) is 23.6. The Morgan fingerprint density at radius 3 is 1.86 bits per heavy atom. The zero-order valence-corrected chi connectivity index (χ0v) is 25.2. The summed E-state index contributed by atoms with van der Waals surface area (Å²) in [6, 6.07) is 51.8. The maximum atomic E-state index is 5.30. The minimum Gasteiger partial charge on any atom is -0.227 e. The standard InChI is InChI=1S/C40H24N2S2/c1-2-10-25(11-3-1)26-20-22-27(23-21-26)39-41-37(36-33-15-5-7-19-35(33)44-40(36)42-39)29-13-8-12-28(24-29)30-16-9-17-32-31-14-4-6-18-34(31)43-38(30)32/h1-24H. The second kappa shape index (κ2) is 10.2. The molecule has 9 aromatic rings. The molecule has 9 rings (SSSR count). The monoisotopic (exact) mass is 596 g/mol. The van der Waals surface area contributed by atoms with Gasteiger partial charge in [0.05, 0.1) is 5.69 Å². The minimum atomic E-state index is 0.746. The largest absolute Gasteiger partial charge is 0.227 e. The van der Waals surface area contributed by atoms with Gasteiger partial charge >= 0.3 is 0 Å². The molecule has 0 unspecified atom stereocenters. The molecule has 4 heteroatoms. The van der Waals surface area contributed by atoms with Crippen LogP contribution in [-0.4, -0.2) is 9.97 Å². The molecule has 0 amide bonds. The Balaban J connectivity index is 1.23. The molecule has 44 heavy (non-hydrogen) atoms. The zero-order chi connectivity index (χ0) is 29.0. The molecule has 0 radical (unpaired) electrons. The Hall–Kier alpha value is -5.16. The number of aromatic nitrogens is 2. The smallest absolute Gasteiger partial charge is 0.161 e. The number of hydrogen-bond donors (Lipinski definition) is 0. The summed E-state index contributed by atoms with van der Waals surface area (Å²) in [6.07, 6.45) is 0. The summed E-state index contributed by atoms with van der Waals surface area (Å²) in [5.41, 5.74) is 7.91. The van der Waals surface area contributed by atoms with Gasteiger partial charge in [0.1, 0.15) is 4.83 Å². The SMILES string of the molecule is c1ccc(-c2ccc(-c3nc(-c4cccc(-c5cccc6c5sc5ccccc56)c4)c4c(n3)sc3ccccc34)cc2)cc1. The van der Waals surface area contributed by atoms with E-state index in [1.54, 1.807) is 11.3 Å². The number of fused-ring (bicyclic) bond motifs is 6. The maximum Gasteiger partial charge on any atom is 0.161 e. The van der Waals surface area contributed by atoms with Crippen LogP contribution in [0.1, 0.15) is 0 Å². The van der Waals surface area contributed by atoms with E-state index < -0.39 is 0 Å². The van der Waals surface area contributed by atoms with Gasteiger partial charge in [-0.25, -0.2) is 9.97 Å². The van der Waals surface area contributed by atoms with Gasteiger partial charge < -0.3 is 0 Å². The lowest BCUT2D eigenvalue weighted by molar-refractivity contribution is 1.24. The Labute approximate surface area is 262 Å². The van der Waals surface area contributed by atoms with E-state index in [1.807, 2.05) is 17.4 Å². The average molecular weight is 597 g/mol. The van der Waals surface area contributed by atoms with E-state index >= 15 is 0 Å². The second-order valence-electron chi connectivity index (χ2n) is 11.0. The lowest BCUT2D eigenvalue weighted by atomic mass is 9.98. The molecule has 3 aromatic heterocycles. The number of nitrogens with zero attached hydrogens (tertiary/aromatic N) is 2. The molecule has 0 atom stereocenters. The predicted molar refractivity (Wildman–Crippen MR) is 190 cm³/mol. The van der Waals surface area contributed by atoms with Gasteiger partial charge in [-0.2, -0.15) is 0 Å². The fourth-order valence-electron chi connectivity index (χ4n) is 6.21. The third-order valence-corrected chi connectivity index (χ3v) is 10.6. The van der Waals surface area contributed by atoms with Crippen LogP contribution in [0.4, 0.5) is 0 Å². The van der Waals surface area contributed by atoms with E-state index in [2.05, 4.69) is 140 Å². The molecule has 6 aromatic carbocycles. The summed E-state index contributed by atoms with van der Waals surface area (Å²) in [5, 5.41) is 4.94. The van der Waals surface area contributed by atoms with Crippen LogP contribution in [0.15, 0.2) is 146 Å². The van der Waals surface area contributed by atoms with E-state index in [0.29, 0.717) is 0 Å². The molecular weight excluding hydrogens is 573 g/mol. The average Bonchev–Trinajstić information content (AvgIpc) is 3.67. The number of benzene rings is 6. The summed E-state index contributed by atoms with van der Waals surface area (Å²) in [7, 11) is 0. The van der Waals surface area contributed by atoms with Crippen LogP contribution in [0.5, 0.6) is 0 Å². The summed E-state index contributed by atoms with van der Waals surface area (Å²) < 4.78 is 3.86. The van der Waals surface area contributed by atoms with Crippen molar-refractivity contribution in [3.05, 3.63) is 146 Å². The van der Waals surface area contributed by atoms with Crippen molar-refractivity contribution in [1.29, 1.82) is 0 Å². The third kappa shape index (κ3) is 4.15. The van der Waals surface area contributed by atoms with Crippen molar-refractivity contribution in [3.63, 3.8) is 0 Å². The van der Waals surface area contributed by atoms with Crippen LogP contribution in [0, 0.1) is 0 Å². The molecule has 0 saturated carbocycles. The first-order valence-electron chi connectivity index (χ1n) is 14.7. The molecule has 0 aliphatic rings. The molecule has 0 aliphatic carbocycles. The second-order valence-corrected chi connectivity index (χ2v) is 13.1. The van der Waals surface area contributed by atoms with Gasteiger partial charge in [0.2, 0.25) is 0 Å². The van der Waals surface area contributed by atoms with Crippen molar-refractivity contribution in [2.75, 3.05) is 0 Å². The van der Waals surface area contributed by atoms with E-state index in [4.69, 9.17) is 9.97 Å². The van der Waals surface area contributed by atoms with Crippen LogP contribution in [0.25, 0.3) is 85.4 Å². The Bertz CT molecular complexity index is 2490. The van der Waals surface area contributed by atoms with Gasteiger partial charge in [-0.3, -0.25) is 0 Å². The van der Waals surface area contributed by atoms with Crippen LogP contribution < -0.4 is 0 Å². The minimum absolute atomic E-state index is 0.746. The molecule has 0 spiro atoms. The molecule has 0 N–H and O–H groups in total. The van der Waals surface area contributed by atoms with E-state index in [9.17, 15) is 0 Å². The lowest BCUT2D eigenvalue weighted by Gasteiger charge is -2.10. The highest BCUT2D eigenvalue weighted by molar-refractivity contribution is 7.26. The van der Waals surface area contributed by atoms with Crippen molar-refractivity contribution >= 4 is 63.1 Å². The highest BCUT2D eigenvalue weighted by Crippen LogP contribution is 2.43. The first-order valence-corrected chi connectivity index (χ1v) is 16.3. The Morgan fingerprint density at radius 2 is 1.02 bits per heavy atom. The first-order chi connectivity index (χ1) is 21.8. The van der Waals surface area contributed by atoms with E-state index in [-0.39, 0.29) is 0 Å². The van der Waals surface area contributed by atoms with Crippen molar-refractivity contribution in [3.8, 4) is 44.9 Å². The topological polar surface area (TPSA) is 25.8 Å². The van der Waals surface area contributed by atoms with Crippen LogP contribution >= 0.6 is 22.7 Å². The van der Waals surface area contributed by atoms with Crippen LogP contribution in [0.3, 0.4) is 0 Å². The lowest BCUT2D eigenvalue weighted by Crippen LogP contribution is -1.94. The van der Waals surface area contributed by atoms with Crippen LogP contribution in [-0.2, 0) is 0 Å². The Morgan fingerprint density at radius 1 is 0.409 bits per heavy atom. The van der Waals surface area contributed by atoms with Gasteiger partial charge in [0.25, 0.3) is 0 Å². The molecule has 3 heterocycles. The summed E-state index contributed by atoms with van der Waals surface area (Å²) in [5.74, 6) is 0.746. The van der Waals surface area contributed by atoms with Gasteiger partial charge in [0.15, 0.2) is 5.82 Å². The van der Waals surface area contributed by atoms with Crippen molar-refractivity contribution < 1.29 is 0 Å². The fourth-order valence-corrected chi connectivity index (χ4v) is 8.53. The number of hydrogen-bond acceptors (Lipinski definition) is 4. The highest BCUT2D eigenvalue weighted by atomic mass is 32.1. The maximum absolute atomic E-state index is 5.30. The van der Waals surface area contributed by atoms with Crippen molar-refractivity contribution in [2.24, 2.45) is 0 Å². The van der Waals surface area contributed by atoms with E-state index in [1.165, 1.54) is 52.5 Å². The third-order valence-electron chi connectivity index (χ3n) is 8.34. The quantitative estimate of drug-likeness (QED) is 0.202. The summed E-state index contributed by atoms with van der Waals surface area (Å²) in [4.78, 5) is 11.4. The highest BCUT2D eigenvalue weighted by Gasteiger charge is 2.18. The summed E-state index contributed by atoms with van der Waals surface area (Å²) in [6.45, 7) is 0. The van der Waals surface area contributed by atoms with Crippen molar-refractivity contribution in [1.82, 2.24) is 9.97 Å².